The molecule has 4 saturated carbocycles. The number of aliphatic hydroxyl groups is 1. The van der Waals surface area contributed by atoms with Gasteiger partial charge in [-0.1, -0.05) is 19.9 Å². The quantitative estimate of drug-likeness (QED) is 0.554. The lowest BCUT2D eigenvalue weighted by molar-refractivity contribution is -0.232. The molecule has 0 heterocycles. The highest BCUT2D eigenvalue weighted by Crippen LogP contribution is 2.71. The Hall–Kier alpha value is -2.42. The van der Waals surface area contributed by atoms with E-state index >= 15 is 8.78 Å². The fourth-order valence-electron chi connectivity index (χ4n) is 8.23. The Morgan fingerprint density at radius 3 is 2.46 bits per heavy atom. The van der Waals surface area contributed by atoms with Crippen molar-refractivity contribution in [1.82, 2.24) is 0 Å². The highest BCUT2D eigenvalue weighted by atomic mass is 19.1. The third-order valence-corrected chi connectivity index (χ3v) is 10.2. The Morgan fingerprint density at radius 2 is 1.84 bits per heavy atom. The fraction of sp³-hybridized carbons (Fsp3) is 0.714. The van der Waals surface area contributed by atoms with Gasteiger partial charge in [0.15, 0.2) is 23.7 Å². The molecule has 9 atom stereocenters. The first-order valence-electron chi connectivity index (χ1n) is 13.1. The minimum atomic E-state index is -2.31. The number of ketones is 2. The molecule has 0 radical (unpaired) electrons. The number of hydrogen-bond donors (Lipinski definition) is 1. The Labute approximate surface area is 214 Å². The molecule has 0 saturated heterocycles. The Morgan fingerprint density at radius 1 is 1.16 bits per heavy atom. The summed E-state index contributed by atoms with van der Waals surface area (Å²) in [6, 6.07) is 0. The van der Waals surface area contributed by atoms with Gasteiger partial charge in [-0.25, -0.2) is 8.78 Å². The van der Waals surface area contributed by atoms with Gasteiger partial charge in [0.1, 0.15) is 6.17 Å². The normalized spacial score (nSPS) is 46.3. The van der Waals surface area contributed by atoms with Crippen LogP contribution < -0.4 is 0 Å². The number of hydrogen-bond acceptors (Lipinski definition) is 7. The standard InChI is InChI=1S/C28H34F2O7/c1-14-9-18-19-11-21(29)20-10-17(32)7-8-25(20,3)27(19,30)22(33)12-26(18,4)28(14,23(34)13-36-15(2)31)37-24(35)16-5-6-16/h7-8,10,14,16,18-19,21-22,33H,5-6,9,11-13H2,1-4H3/t14-,18?,19?,21-,22-,25-,26-,27-,28-/m0/s1. The van der Waals surface area contributed by atoms with Gasteiger partial charge in [-0.3, -0.25) is 19.2 Å². The van der Waals surface area contributed by atoms with Crippen LogP contribution in [-0.4, -0.2) is 58.8 Å². The second-order valence-corrected chi connectivity index (χ2v) is 12.1. The van der Waals surface area contributed by atoms with Crippen molar-refractivity contribution >= 4 is 23.5 Å². The van der Waals surface area contributed by atoms with E-state index in [0.717, 1.165) is 13.0 Å². The van der Waals surface area contributed by atoms with Crippen molar-refractivity contribution in [3.8, 4) is 0 Å². The highest BCUT2D eigenvalue weighted by Gasteiger charge is 2.78. The monoisotopic (exact) mass is 520 g/mol. The van der Waals surface area contributed by atoms with Crippen molar-refractivity contribution in [3.05, 3.63) is 23.8 Å². The van der Waals surface area contributed by atoms with Crippen molar-refractivity contribution in [2.24, 2.45) is 34.5 Å². The van der Waals surface area contributed by atoms with Crippen LogP contribution in [0.15, 0.2) is 23.8 Å². The first-order chi connectivity index (χ1) is 17.2. The average molecular weight is 521 g/mol. The molecule has 0 amide bonds. The molecule has 9 heteroatoms. The topological polar surface area (TPSA) is 107 Å². The van der Waals surface area contributed by atoms with E-state index in [4.69, 9.17) is 9.47 Å². The summed E-state index contributed by atoms with van der Waals surface area (Å²) < 4.78 is 44.1. The predicted molar refractivity (Wildman–Crippen MR) is 126 cm³/mol. The first kappa shape index (κ1) is 26.2. The lowest BCUT2D eigenvalue weighted by atomic mass is 9.44. The second kappa shape index (κ2) is 8.29. The van der Waals surface area contributed by atoms with Crippen LogP contribution in [-0.2, 0) is 28.7 Å². The molecular formula is C28H34F2O7. The van der Waals surface area contributed by atoms with E-state index in [1.807, 2.05) is 0 Å². The predicted octanol–water partition coefficient (Wildman–Crippen LogP) is 3.38. The van der Waals surface area contributed by atoms with Crippen LogP contribution in [0.5, 0.6) is 0 Å². The molecule has 37 heavy (non-hydrogen) atoms. The maximum absolute atomic E-state index is 17.4. The zero-order chi connectivity index (χ0) is 27.1. The van der Waals surface area contributed by atoms with Crippen molar-refractivity contribution < 1.29 is 42.5 Å². The van der Waals surface area contributed by atoms with E-state index in [9.17, 15) is 24.3 Å². The summed E-state index contributed by atoms with van der Waals surface area (Å²) in [6.07, 6.45) is 1.50. The summed E-state index contributed by atoms with van der Waals surface area (Å²) >= 11 is 0. The molecule has 0 aromatic carbocycles. The molecule has 5 rings (SSSR count). The van der Waals surface area contributed by atoms with Gasteiger partial charge in [-0.2, -0.15) is 0 Å². The van der Waals surface area contributed by atoms with Gasteiger partial charge in [0.05, 0.1) is 12.0 Å². The van der Waals surface area contributed by atoms with E-state index in [2.05, 4.69) is 0 Å². The van der Waals surface area contributed by atoms with Crippen LogP contribution in [0.3, 0.4) is 0 Å². The molecule has 2 unspecified atom stereocenters. The summed E-state index contributed by atoms with van der Waals surface area (Å²) in [5.41, 5.74) is -6.84. The van der Waals surface area contributed by atoms with E-state index < -0.39 is 82.2 Å². The first-order valence-corrected chi connectivity index (χ1v) is 13.1. The number of alkyl halides is 2. The largest absolute Gasteiger partial charge is 0.458 e. The number of rotatable bonds is 5. The lowest BCUT2D eigenvalue weighted by Crippen LogP contribution is -2.71. The van der Waals surface area contributed by atoms with E-state index in [1.54, 1.807) is 13.8 Å². The Kier molecular flexibility index (Phi) is 5.87. The van der Waals surface area contributed by atoms with Crippen LogP contribution in [0, 0.1) is 34.5 Å². The van der Waals surface area contributed by atoms with E-state index in [-0.39, 0.29) is 30.8 Å². The number of Topliss-reactive ketones (excluding diaryl/α,β-unsaturated/α-hetero) is 1. The van der Waals surface area contributed by atoms with Gasteiger partial charge >= 0.3 is 11.9 Å². The third kappa shape index (κ3) is 3.38. The van der Waals surface area contributed by atoms with Gasteiger partial charge in [0, 0.05) is 29.6 Å². The fourth-order valence-corrected chi connectivity index (χ4v) is 8.23. The van der Waals surface area contributed by atoms with Crippen molar-refractivity contribution in [2.75, 3.05) is 6.61 Å². The molecular weight excluding hydrogens is 486 g/mol. The minimum Gasteiger partial charge on any atom is -0.458 e. The molecule has 202 valence electrons. The summed E-state index contributed by atoms with van der Waals surface area (Å²) in [5.74, 6) is -4.80. The highest BCUT2D eigenvalue weighted by molar-refractivity contribution is 6.01. The Bertz CT molecular complexity index is 1130. The molecule has 0 aliphatic heterocycles. The summed E-state index contributed by atoms with van der Waals surface area (Å²) in [5, 5.41) is 11.5. The van der Waals surface area contributed by atoms with Gasteiger partial charge in [0.2, 0.25) is 5.78 Å². The van der Waals surface area contributed by atoms with Crippen molar-refractivity contribution in [1.29, 1.82) is 0 Å². The summed E-state index contributed by atoms with van der Waals surface area (Å²) in [6.45, 7) is 5.50. The van der Waals surface area contributed by atoms with Crippen molar-refractivity contribution in [3.63, 3.8) is 0 Å². The summed E-state index contributed by atoms with van der Waals surface area (Å²) in [7, 11) is 0. The van der Waals surface area contributed by atoms with Gasteiger partial charge in [-0.15, -0.1) is 0 Å². The van der Waals surface area contributed by atoms with Gasteiger partial charge < -0.3 is 14.6 Å². The molecule has 5 aliphatic carbocycles. The molecule has 0 aromatic rings. The van der Waals surface area contributed by atoms with Crippen LogP contribution in [0.25, 0.3) is 0 Å². The minimum absolute atomic E-state index is 0.0183. The number of halogens is 2. The molecule has 0 aromatic heterocycles. The number of esters is 2. The SMILES string of the molecule is CC(=O)OCC(=O)[C@@]1(OC(=O)C2CC2)[C@@H](C)CC2C3C[C@H](F)C4=CC(=O)C=C[C@]4(C)[C@@]3(F)[C@@H](O)C[C@@]21C. The molecule has 0 spiro atoms. The third-order valence-electron chi connectivity index (χ3n) is 10.2. The maximum Gasteiger partial charge on any atom is 0.309 e. The van der Waals surface area contributed by atoms with Gasteiger partial charge in [-0.05, 0) is 62.7 Å². The number of aliphatic hydroxyl groups excluding tert-OH is 1. The molecule has 7 nitrogen and oxygen atoms in total. The van der Waals surface area contributed by atoms with Gasteiger partial charge in [0.25, 0.3) is 0 Å². The van der Waals surface area contributed by atoms with Crippen LogP contribution in [0.2, 0.25) is 0 Å². The number of ether oxygens (including phenoxy) is 2. The average Bonchev–Trinajstić information content (AvgIpc) is 3.64. The zero-order valence-electron chi connectivity index (χ0n) is 21.6. The number of fused-ring (bicyclic) bond motifs is 5. The van der Waals surface area contributed by atoms with Crippen LogP contribution in [0.1, 0.15) is 59.8 Å². The summed E-state index contributed by atoms with van der Waals surface area (Å²) in [4.78, 5) is 50.3. The second-order valence-electron chi connectivity index (χ2n) is 12.1. The maximum atomic E-state index is 17.4. The number of carbonyl (C=O) groups excluding carboxylic acids is 4. The van der Waals surface area contributed by atoms with Crippen LogP contribution in [0.4, 0.5) is 8.78 Å². The van der Waals surface area contributed by atoms with Crippen molar-refractivity contribution in [2.45, 2.75) is 83.3 Å². The molecule has 4 fully saturated rings. The molecule has 5 aliphatic rings. The number of allylic oxidation sites excluding steroid dienone is 4. The van der Waals surface area contributed by atoms with E-state index in [0.29, 0.717) is 12.8 Å². The van der Waals surface area contributed by atoms with Crippen LogP contribution >= 0.6 is 0 Å². The molecule has 1 N–H and O–H groups in total. The smallest absolute Gasteiger partial charge is 0.309 e. The Balaban J connectivity index is 1.61. The molecule has 0 bridgehead atoms. The zero-order valence-corrected chi connectivity index (χ0v) is 21.6. The lowest BCUT2D eigenvalue weighted by Gasteiger charge is -2.63. The van der Waals surface area contributed by atoms with E-state index in [1.165, 1.54) is 19.1 Å². The number of carbonyl (C=O) groups is 4.